The van der Waals surface area contributed by atoms with E-state index in [2.05, 4.69) is 13.9 Å². The van der Waals surface area contributed by atoms with Crippen LogP contribution in [0.2, 0.25) is 0 Å². The maximum absolute atomic E-state index is 11.0. The minimum absolute atomic E-state index is 0.319. The third-order valence-electron chi connectivity index (χ3n) is 0.866. The molecule has 0 aliphatic rings. The first-order valence-electron chi connectivity index (χ1n) is 4.14. The molecule has 6 N–H and O–H groups in total. The monoisotopic (exact) mass is 420 g/mol. The molecule has 8 nitrogen and oxygen atoms in total. The first-order chi connectivity index (χ1) is 7.72. The van der Waals surface area contributed by atoms with Crippen molar-refractivity contribution in [3.63, 3.8) is 0 Å². The Labute approximate surface area is 113 Å². The molecule has 16 heavy (non-hydrogen) atoms. The summed E-state index contributed by atoms with van der Waals surface area (Å²) >= 11 is -0.637. The molecule has 10 heteroatoms. The number of nitrogens with two attached hydrogens (primary N) is 2. The summed E-state index contributed by atoms with van der Waals surface area (Å²) in [6, 6.07) is 0. The van der Waals surface area contributed by atoms with Gasteiger partial charge in [0.2, 0.25) is 0 Å². The van der Waals surface area contributed by atoms with E-state index in [4.69, 9.17) is 11.5 Å². The van der Waals surface area contributed by atoms with E-state index in [1.165, 1.54) is 0 Å². The van der Waals surface area contributed by atoms with Crippen LogP contribution in [0.5, 0.6) is 0 Å². The Kier molecular flexibility index (Phi) is 11.9. The predicted octanol–water partition coefficient (Wildman–Crippen LogP) is -3.01. The molecule has 0 aliphatic carbocycles. The molecule has 0 amide bonds. The van der Waals surface area contributed by atoms with Crippen LogP contribution in [0.25, 0.3) is 0 Å². The Morgan fingerprint density at radius 3 is 1.62 bits per heavy atom. The second kappa shape index (κ2) is 11.7. The fourth-order valence-corrected chi connectivity index (χ4v) is 1.76. The molecular formula is C6H14Ag2N4O4. The molecule has 0 radical (unpaired) electrons. The van der Waals surface area contributed by atoms with Gasteiger partial charge >= 0.3 is 114 Å². The second-order valence-corrected chi connectivity index (χ2v) is 4.37. The quantitative estimate of drug-likeness (QED) is 0.185. The first kappa shape index (κ1) is 16.3. The molecule has 0 rings (SSSR count). The van der Waals surface area contributed by atoms with Crippen molar-refractivity contribution in [3.05, 3.63) is 0 Å². The molecule has 0 fully saturated rings. The van der Waals surface area contributed by atoms with Gasteiger partial charge in [0.05, 0.1) is 0 Å². The van der Waals surface area contributed by atoms with Crippen molar-refractivity contribution in [1.29, 1.82) is 0 Å². The summed E-state index contributed by atoms with van der Waals surface area (Å²) in [6.45, 7) is 1.89. The van der Waals surface area contributed by atoms with Crippen LogP contribution in [-0.4, -0.2) is 38.1 Å². The Morgan fingerprint density at radius 1 is 0.938 bits per heavy atom. The van der Waals surface area contributed by atoms with Crippen molar-refractivity contribution < 1.29 is 56.9 Å². The number of hydrogen-bond donors (Lipinski definition) is 4. The molecule has 0 saturated carbocycles. The van der Waals surface area contributed by atoms with Crippen LogP contribution in [0.3, 0.4) is 0 Å². The molecule has 0 unspecified atom stereocenters. The standard InChI is InChI=1S/2C2H7N2.C2H2O4.2Ag/c2*3-1-2-4;3-1(4)2(5)6;;/h2*3H,1-2,4H2;(H,3,4)(H,5,6);;/q2*-1;;2*+2/p-2. The Hall–Kier alpha value is 0.261. The molecule has 0 aliphatic heterocycles. The van der Waals surface area contributed by atoms with Gasteiger partial charge in [0, 0.05) is 0 Å². The average Bonchev–Trinajstić information content (AvgIpc) is 2.29. The molecule has 0 atom stereocenters. The van der Waals surface area contributed by atoms with Gasteiger partial charge in [-0.1, -0.05) is 0 Å². The van der Waals surface area contributed by atoms with Crippen LogP contribution in [-0.2, 0) is 56.9 Å². The summed E-state index contributed by atoms with van der Waals surface area (Å²) < 4.78 is 14.6. The molecule has 0 aromatic carbocycles. The number of nitrogens with one attached hydrogen (secondary N) is 2. The number of rotatable bonds is 8. The van der Waals surface area contributed by atoms with Gasteiger partial charge in [-0.3, -0.25) is 0 Å². The summed E-state index contributed by atoms with van der Waals surface area (Å²) in [5.41, 5.74) is 10.4. The molecule has 0 bridgehead atoms. The van der Waals surface area contributed by atoms with Crippen molar-refractivity contribution in [2.75, 3.05) is 26.2 Å². The number of carbonyl (C=O) groups excluding carboxylic acids is 2. The van der Waals surface area contributed by atoms with E-state index in [0.717, 1.165) is 0 Å². The Balaban J connectivity index is 3.46. The van der Waals surface area contributed by atoms with Crippen molar-refractivity contribution in [2.24, 2.45) is 11.5 Å². The van der Waals surface area contributed by atoms with Crippen LogP contribution in [0.1, 0.15) is 0 Å². The normalized spacial score (nSPS) is 10.4. The average molecular weight is 422 g/mol. The van der Waals surface area contributed by atoms with Crippen LogP contribution < -0.4 is 18.9 Å². The van der Waals surface area contributed by atoms with Gasteiger partial charge in [0.15, 0.2) is 0 Å². The third kappa shape index (κ3) is 9.48. The molecule has 0 aromatic heterocycles. The zero-order valence-electron chi connectivity index (χ0n) is 8.22. The van der Waals surface area contributed by atoms with Gasteiger partial charge in [0.25, 0.3) is 0 Å². The van der Waals surface area contributed by atoms with Gasteiger partial charge in [-0.2, -0.15) is 0 Å². The van der Waals surface area contributed by atoms with Crippen LogP contribution >= 0.6 is 0 Å². The van der Waals surface area contributed by atoms with Crippen molar-refractivity contribution >= 4 is 11.9 Å². The zero-order valence-corrected chi connectivity index (χ0v) is 11.2. The fourth-order valence-electron chi connectivity index (χ4n) is 0.298. The molecule has 0 aromatic rings. The predicted molar refractivity (Wildman–Crippen MR) is 46.3 cm³/mol. The van der Waals surface area contributed by atoms with Crippen LogP contribution in [0, 0.1) is 0 Å². The van der Waals surface area contributed by atoms with E-state index in [0.29, 0.717) is 26.2 Å². The van der Waals surface area contributed by atoms with E-state index in [1.807, 2.05) is 0 Å². The summed E-state index contributed by atoms with van der Waals surface area (Å²) in [5.74, 6) is -2.04. The Morgan fingerprint density at radius 2 is 1.31 bits per heavy atom. The molecule has 0 spiro atoms. The second-order valence-electron chi connectivity index (χ2n) is 2.11. The number of hydrogen-bond acceptors (Lipinski definition) is 8. The van der Waals surface area contributed by atoms with Gasteiger partial charge < -0.3 is 0 Å². The van der Waals surface area contributed by atoms with Crippen LogP contribution in [0.15, 0.2) is 0 Å². The Bertz CT molecular complexity index is 197. The van der Waals surface area contributed by atoms with Gasteiger partial charge in [0.1, 0.15) is 0 Å². The van der Waals surface area contributed by atoms with Crippen molar-refractivity contribution in [3.8, 4) is 0 Å². The third-order valence-corrected chi connectivity index (χ3v) is 2.89. The van der Waals surface area contributed by atoms with Crippen LogP contribution in [0.4, 0.5) is 0 Å². The van der Waals surface area contributed by atoms with E-state index in [1.54, 1.807) is 0 Å². The van der Waals surface area contributed by atoms with Gasteiger partial charge in [-0.05, 0) is 0 Å². The van der Waals surface area contributed by atoms with Crippen molar-refractivity contribution in [1.82, 2.24) is 7.44 Å². The van der Waals surface area contributed by atoms with Gasteiger partial charge in [-0.15, -0.1) is 0 Å². The molecule has 104 valence electrons. The summed E-state index contributed by atoms with van der Waals surface area (Å²) in [5, 5.41) is 0. The molecular weight excluding hydrogens is 408 g/mol. The summed E-state index contributed by atoms with van der Waals surface area (Å²) in [4.78, 5) is 21.9. The van der Waals surface area contributed by atoms with E-state index in [-0.39, 0.29) is 40.8 Å². The fraction of sp³-hybridized carbons (Fsp3) is 0.667. The SMILES string of the molecule is NCC[NH][Ag][O]C(=O)C(=O)[O][Ag][NH]CCN. The molecule has 0 saturated heterocycles. The van der Waals surface area contributed by atoms with E-state index >= 15 is 0 Å². The van der Waals surface area contributed by atoms with Gasteiger partial charge in [-0.25, -0.2) is 0 Å². The van der Waals surface area contributed by atoms with Crippen molar-refractivity contribution in [2.45, 2.75) is 0 Å². The van der Waals surface area contributed by atoms with E-state index in [9.17, 15) is 9.59 Å². The summed E-state index contributed by atoms with van der Waals surface area (Å²) in [6.07, 6.45) is 0. The summed E-state index contributed by atoms with van der Waals surface area (Å²) in [7, 11) is 0. The van der Waals surface area contributed by atoms with E-state index < -0.39 is 11.9 Å². The minimum atomic E-state index is -1.02. The number of carbonyl (C=O) groups is 2. The zero-order chi connectivity index (χ0) is 12.2. The first-order valence-corrected chi connectivity index (χ1v) is 6.83. The maximum atomic E-state index is 11.0. The molecule has 0 heterocycles. The topological polar surface area (TPSA) is 129 Å².